The van der Waals surface area contributed by atoms with Crippen LogP contribution in [0.1, 0.15) is 20.3 Å². The van der Waals surface area contributed by atoms with Gasteiger partial charge in [0.1, 0.15) is 0 Å². The third-order valence-corrected chi connectivity index (χ3v) is 1.03. The number of H-pyrrole nitrogens is 1. The van der Waals surface area contributed by atoms with E-state index in [9.17, 15) is 0 Å². The summed E-state index contributed by atoms with van der Waals surface area (Å²) in [5.74, 6) is 0. The number of nitrogens with one attached hydrogen (secondary N) is 1. The molecule has 2 rings (SSSR count). The first-order valence-electron chi connectivity index (χ1n) is 4.37. The quantitative estimate of drug-likeness (QED) is 0.552. The van der Waals surface area contributed by atoms with E-state index in [0.717, 1.165) is 6.42 Å². The number of hydrogen-bond donors (Lipinski definition) is 1. The van der Waals surface area contributed by atoms with Crippen LogP contribution < -0.4 is 0 Å². The van der Waals surface area contributed by atoms with Crippen LogP contribution in [0.2, 0.25) is 0 Å². The molecule has 1 aromatic heterocycles. The fourth-order valence-corrected chi connectivity index (χ4v) is 0.581. The summed E-state index contributed by atoms with van der Waals surface area (Å²) in [6, 6.07) is 3.71. The van der Waals surface area contributed by atoms with Gasteiger partial charge in [-0.1, -0.05) is 0 Å². The average Bonchev–Trinajstić information content (AvgIpc) is 2.85. The SMILES string of the molecule is C[CH-]C.[C-]1=CC=CC1.[Ru+3].[c-]1ccc[nH]1. The topological polar surface area (TPSA) is 15.8 Å². The number of allylic oxidation sites excluding steroid dienone is 4. The van der Waals surface area contributed by atoms with E-state index in [-0.39, 0.29) is 19.5 Å². The maximum absolute atomic E-state index is 2.99. The smallest absolute Gasteiger partial charge is 0.484 e. The zero-order valence-electron chi connectivity index (χ0n) is 8.60. The van der Waals surface area contributed by atoms with Crippen LogP contribution in [0.3, 0.4) is 0 Å². The van der Waals surface area contributed by atoms with E-state index in [2.05, 4.69) is 23.3 Å². The summed E-state index contributed by atoms with van der Waals surface area (Å²) in [4.78, 5) is 2.74. The molecule has 1 aliphatic carbocycles. The molecule has 0 saturated carbocycles. The van der Waals surface area contributed by atoms with Crippen molar-refractivity contribution in [2.24, 2.45) is 0 Å². The Labute approximate surface area is 100 Å². The van der Waals surface area contributed by atoms with E-state index in [4.69, 9.17) is 0 Å². The third-order valence-electron chi connectivity index (χ3n) is 1.03. The molecule has 0 spiro atoms. The summed E-state index contributed by atoms with van der Waals surface area (Å²) in [5.41, 5.74) is 0. The van der Waals surface area contributed by atoms with Crippen LogP contribution in [0, 0.1) is 18.7 Å². The molecule has 0 bridgehead atoms. The van der Waals surface area contributed by atoms with E-state index >= 15 is 0 Å². The molecule has 0 aromatic carbocycles. The fourth-order valence-electron chi connectivity index (χ4n) is 0.581. The zero-order chi connectivity index (χ0) is 9.78. The third kappa shape index (κ3) is 13.9. The molecule has 2 heteroatoms. The van der Waals surface area contributed by atoms with E-state index in [1.165, 1.54) is 0 Å². The first-order chi connectivity index (χ1) is 6.41. The predicted molar refractivity (Wildman–Crippen MR) is 56.8 cm³/mol. The van der Waals surface area contributed by atoms with Crippen LogP contribution >= 0.6 is 0 Å². The molecule has 0 unspecified atom stereocenters. The first kappa shape index (κ1) is 15.8. The van der Waals surface area contributed by atoms with Gasteiger partial charge in [0.2, 0.25) is 0 Å². The van der Waals surface area contributed by atoms with Crippen LogP contribution in [0.25, 0.3) is 0 Å². The number of hydrogen-bond acceptors (Lipinski definition) is 0. The zero-order valence-corrected chi connectivity index (χ0v) is 10.3. The van der Waals surface area contributed by atoms with Crippen molar-refractivity contribution in [1.82, 2.24) is 4.98 Å². The van der Waals surface area contributed by atoms with Gasteiger partial charge in [0, 0.05) is 0 Å². The Morgan fingerprint density at radius 1 is 1.36 bits per heavy atom. The summed E-state index contributed by atoms with van der Waals surface area (Å²) in [6.45, 7) is 4.00. The second-order valence-corrected chi connectivity index (χ2v) is 2.39. The molecule has 0 saturated heterocycles. The molecule has 0 atom stereocenters. The van der Waals surface area contributed by atoms with Gasteiger partial charge < -0.3 is 11.4 Å². The largest absolute Gasteiger partial charge is 3.00 e. The van der Waals surface area contributed by atoms with Crippen molar-refractivity contribution in [2.75, 3.05) is 0 Å². The summed E-state index contributed by atoms with van der Waals surface area (Å²) >= 11 is 0. The van der Waals surface area contributed by atoms with E-state index < -0.39 is 0 Å². The molecule has 1 heterocycles. The molecule has 1 aliphatic rings. The molecule has 14 heavy (non-hydrogen) atoms. The summed E-state index contributed by atoms with van der Waals surface area (Å²) in [5, 5.41) is 0. The molecule has 0 amide bonds. The Morgan fingerprint density at radius 2 is 2.07 bits per heavy atom. The molecule has 1 N–H and O–H groups in total. The van der Waals surface area contributed by atoms with Gasteiger partial charge in [0.15, 0.2) is 0 Å². The minimum atomic E-state index is 0. The van der Waals surface area contributed by atoms with Crippen molar-refractivity contribution in [3.8, 4) is 0 Å². The van der Waals surface area contributed by atoms with Crippen LogP contribution in [0.15, 0.2) is 36.6 Å². The van der Waals surface area contributed by atoms with Crippen molar-refractivity contribution in [3.05, 3.63) is 55.3 Å². The molecule has 0 fully saturated rings. The molecule has 1 nitrogen and oxygen atoms in total. The van der Waals surface area contributed by atoms with Gasteiger partial charge in [-0.3, -0.25) is 6.08 Å². The number of rotatable bonds is 0. The van der Waals surface area contributed by atoms with Gasteiger partial charge in [-0.05, 0) is 0 Å². The van der Waals surface area contributed by atoms with Gasteiger partial charge in [-0.2, -0.15) is 38.3 Å². The van der Waals surface area contributed by atoms with Gasteiger partial charge in [-0.15, -0.1) is 12.6 Å². The Balaban J connectivity index is 0. The van der Waals surface area contributed by atoms with Crippen LogP contribution in [-0.2, 0) is 19.5 Å². The first-order valence-corrected chi connectivity index (χ1v) is 4.37. The minimum Gasteiger partial charge on any atom is -0.484 e. The Hall–Kier alpha value is -0.617. The molecular weight excluding hydrogens is 259 g/mol. The minimum absolute atomic E-state index is 0. The summed E-state index contributed by atoms with van der Waals surface area (Å²) in [6.07, 6.45) is 16.6. The normalized spacial score (nSPS) is 10.4. The Bertz CT molecular complexity index is 185. The number of aromatic nitrogens is 1. The van der Waals surface area contributed by atoms with Gasteiger partial charge >= 0.3 is 19.5 Å². The van der Waals surface area contributed by atoms with Crippen molar-refractivity contribution < 1.29 is 19.5 Å². The van der Waals surface area contributed by atoms with Crippen molar-refractivity contribution in [1.29, 1.82) is 0 Å². The number of aromatic amines is 1. The molecule has 77 valence electrons. The van der Waals surface area contributed by atoms with Crippen molar-refractivity contribution >= 4 is 0 Å². The summed E-state index contributed by atoms with van der Waals surface area (Å²) in [7, 11) is 0. The molecule has 0 aliphatic heterocycles. The maximum atomic E-state index is 2.99. The van der Waals surface area contributed by atoms with E-state index in [1.807, 2.05) is 50.7 Å². The molecular formula is C12H16NRu. The standard InChI is InChI=1S/C5H5.C4H4N.C3H7.Ru/c2*1-2-4-5-3-1;1-3-2;/h1-3H,4H2;1-3,5H;3H,1-2H3;/q3*-1;+3. The van der Waals surface area contributed by atoms with Crippen molar-refractivity contribution in [3.63, 3.8) is 0 Å². The van der Waals surface area contributed by atoms with E-state index in [1.54, 1.807) is 0 Å². The predicted octanol–water partition coefficient (Wildman–Crippen LogP) is 3.35. The van der Waals surface area contributed by atoms with E-state index in [0.29, 0.717) is 0 Å². The Kier molecular flexibility index (Phi) is 16.8. The average molecular weight is 275 g/mol. The van der Waals surface area contributed by atoms with Gasteiger partial charge in [0.05, 0.1) is 0 Å². The maximum Gasteiger partial charge on any atom is 3.00 e. The van der Waals surface area contributed by atoms with Crippen LogP contribution in [0.4, 0.5) is 0 Å². The second-order valence-electron chi connectivity index (χ2n) is 2.39. The van der Waals surface area contributed by atoms with Gasteiger partial charge in [-0.25, -0.2) is 12.2 Å². The van der Waals surface area contributed by atoms with Gasteiger partial charge in [0.25, 0.3) is 0 Å². The van der Waals surface area contributed by atoms with Crippen LogP contribution in [-0.4, -0.2) is 4.98 Å². The second kappa shape index (κ2) is 14.9. The molecule has 1 radical (unpaired) electrons. The summed E-state index contributed by atoms with van der Waals surface area (Å²) < 4.78 is 0. The van der Waals surface area contributed by atoms with Crippen molar-refractivity contribution in [2.45, 2.75) is 20.3 Å². The van der Waals surface area contributed by atoms with Crippen LogP contribution in [0.5, 0.6) is 0 Å². The Morgan fingerprint density at radius 3 is 2.21 bits per heavy atom. The monoisotopic (exact) mass is 276 g/mol. The fraction of sp³-hybridized carbons (Fsp3) is 0.250. The molecule has 1 aromatic rings.